The van der Waals surface area contributed by atoms with Crippen LogP contribution >= 0.6 is 0 Å². The Bertz CT molecular complexity index is 1090. The van der Waals surface area contributed by atoms with Gasteiger partial charge in [0.05, 0.1) is 5.92 Å². The summed E-state index contributed by atoms with van der Waals surface area (Å²) in [4.78, 5) is 0. The van der Waals surface area contributed by atoms with Gasteiger partial charge in [0, 0.05) is 17.9 Å². The van der Waals surface area contributed by atoms with Gasteiger partial charge in [0.1, 0.15) is 18.1 Å². The van der Waals surface area contributed by atoms with Gasteiger partial charge in [0.25, 0.3) is 5.92 Å². The molecule has 0 aromatic heterocycles. The Kier molecular flexibility index (Phi) is 4.53. The molecule has 2 aliphatic carbocycles. The third kappa shape index (κ3) is 3.45. The number of fused-ring (bicyclic) bond motifs is 1. The Morgan fingerprint density at radius 2 is 1.83 bits per heavy atom. The minimum absolute atomic E-state index is 0.119. The number of hydrogen-bond donors (Lipinski definition) is 1. The summed E-state index contributed by atoms with van der Waals surface area (Å²) in [7, 11) is 0. The molecule has 1 N–H and O–H groups in total. The number of phenols is 1. The molecule has 3 aromatic rings. The minimum Gasteiger partial charge on any atom is -0.508 e. The van der Waals surface area contributed by atoms with Crippen molar-refractivity contribution in [2.75, 3.05) is 0 Å². The monoisotopic (exact) mass is 406 g/mol. The third-order valence-corrected chi connectivity index (χ3v) is 6.38. The molecule has 30 heavy (non-hydrogen) atoms. The molecular formula is C26H24F2O2. The maximum absolute atomic E-state index is 14.0. The van der Waals surface area contributed by atoms with Crippen molar-refractivity contribution in [3.8, 4) is 11.5 Å². The number of aromatic hydroxyl groups is 1. The summed E-state index contributed by atoms with van der Waals surface area (Å²) in [6, 6.07) is 19.2. The van der Waals surface area contributed by atoms with Crippen LogP contribution in [0.5, 0.6) is 11.5 Å². The Morgan fingerprint density at radius 3 is 2.57 bits per heavy atom. The zero-order valence-corrected chi connectivity index (χ0v) is 16.9. The largest absolute Gasteiger partial charge is 0.508 e. The molecule has 3 aromatic carbocycles. The Balaban J connectivity index is 1.48. The number of rotatable bonds is 5. The van der Waals surface area contributed by atoms with Gasteiger partial charge in [-0.3, -0.25) is 0 Å². The first kappa shape index (κ1) is 19.1. The van der Waals surface area contributed by atoms with Crippen LogP contribution < -0.4 is 4.74 Å². The van der Waals surface area contributed by atoms with Gasteiger partial charge in [0.2, 0.25) is 0 Å². The van der Waals surface area contributed by atoms with E-state index < -0.39 is 11.8 Å². The number of alkyl halides is 2. The Labute approximate surface area is 175 Å². The molecule has 2 nitrogen and oxygen atoms in total. The molecule has 1 fully saturated rings. The molecule has 1 saturated carbocycles. The first-order valence-electron chi connectivity index (χ1n) is 10.4. The van der Waals surface area contributed by atoms with E-state index in [1.165, 1.54) is 5.56 Å². The highest BCUT2D eigenvalue weighted by Gasteiger charge is 2.58. The second-order valence-corrected chi connectivity index (χ2v) is 8.52. The average Bonchev–Trinajstić information content (AvgIpc) is 3.15. The molecule has 2 aliphatic rings. The Hall–Kier alpha value is -2.88. The predicted octanol–water partition coefficient (Wildman–Crippen LogP) is 6.48. The van der Waals surface area contributed by atoms with E-state index >= 15 is 0 Å². The highest BCUT2D eigenvalue weighted by Crippen LogP contribution is 2.58. The standard InChI is InChI=1S/C26H24F2O2/c1-16-11-20(29)12-19-7-9-21(25(16)19)18-8-10-24(22(13-18)23-14-26(23,27)28)30-15-17-5-3-2-4-6-17/h2-6,8,10-13,21,23,29H,7,9,14-15H2,1H3. The third-order valence-electron chi connectivity index (χ3n) is 6.38. The van der Waals surface area contributed by atoms with Crippen LogP contribution in [0.4, 0.5) is 8.78 Å². The van der Waals surface area contributed by atoms with Crippen molar-refractivity contribution in [2.24, 2.45) is 0 Å². The maximum Gasteiger partial charge on any atom is 0.256 e. The molecule has 5 rings (SSSR count). The lowest BCUT2D eigenvalue weighted by atomic mass is 9.88. The van der Waals surface area contributed by atoms with Crippen molar-refractivity contribution in [3.05, 3.63) is 94.0 Å². The molecule has 0 radical (unpaired) electrons. The van der Waals surface area contributed by atoms with E-state index in [1.807, 2.05) is 61.5 Å². The van der Waals surface area contributed by atoms with Gasteiger partial charge in [-0.05, 0) is 65.8 Å². The van der Waals surface area contributed by atoms with E-state index in [0.717, 1.165) is 35.1 Å². The molecule has 2 atom stereocenters. The van der Waals surface area contributed by atoms with Crippen LogP contribution in [0, 0.1) is 6.92 Å². The smallest absolute Gasteiger partial charge is 0.256 e. The molecule has 0 spiro atoms. The van der Waals surface area contributed by atoms with Crippen LogP contribution in [0.1, 0.15) is 58.1 Å². The number of phenolic OH excluding ortho intramolecular Hbond substituents is 1. The second-order valence-electron chi connectivity index (χ2n) is 8.52. The van der Waals surface area contributed by atoms with Crippen molar-refractivity contribution in [3.63, 3.8) is 0 Å². The average molecular weight is 406 g/mol. The molecule has 4 heteroatoms. The highest BCUT2D eigenvalue weighted by atomic mass is 19.3. The predicted molar refractivity (Wildman–Crippen MR) is 113 cm³/mol. The topological polar surface area (TPSA) is 29.5 Å². The fourth-order valence-electron chi connectivity index (χ4n) is 4.81. The van der Waals surface area contributed by atoms with Crippen LogP contribution in [-0.2, 0) is 13.0 Å². The van der Waals surface area contributed by atoms with Gasteiger partial charge in [-0.2, -0.15) is 0 Å². The van der Waals surface area contributed by atoms with Crippen molar-refractivity contribution in [1.29, 1.82) is 0 Å². The maximum atomic E-state index is 14.0. The number of aryl methyl sites for hydroxylation is 2. The van der Waals surface area contributed by atoms with Crippen LogP contribution in [0.3, 0.4) is 0 Å². The summed E-state index contributed by atoms with van der Waals surface area (Å²) in [5.74, 6) is -2.43. The zero-order chi connectivity index (χ0) is 20.9. The van der Waals surface area contributed by atoms with Crippen LogP contribution in [0.15, 0.2) is 60.7 Å². The van der Waals surface area contributed by atoms with Gasteiger partial charge >= 0.3 is 0 Å². The van der Waals surface area contributed by atoms with Crippen molar-refractivity contribution >= 4 is 0 Å². The van der Waals surface area contributed by atoms with Gasteiger partial charge in [-0.1, -0.05) is 42.5 Å². The lowest BCUT2D eigenvalue weighted by molar-refractivity contribution is 0.111. The Morgan fingerprint density at radius 1 is 1.07 bits per heavy atom. The van der Waals surface area contributed by atoms with E-state index in [0.29, 0.717) is 17.9 Å². The van der Waals surface area contributed by atoms with E-state index in [-0.39, 0.29) is 18.1 Å². The normalized spacial score (nSPS) is 21.3. The summed E-state index contributed by atoms with van der Waals surface area (Å²) in [5, 5.41) is 9.91. The first-order chi connectivity index (χ1) is 14.4. The highest BCUT2D eigenvalue weighted by molar-refractivity contribution is 5.53. The lowest BCUT2D eigenvalue weighted by Crippen LogP contribution is -2.04. The van der Waals surface area contributed by atoms with E-state index in [2.05, 4.69) is 0 Å². The summed E-state index contributed by atoms with van der Waals surface area (Å²) in [6.45, 7) is 2.36. The van der Waals surface area contributed by atoms with Crippen molar-refractivity contribution < 1.29 is 18.6 Å². The number of hydrogen-bond acceptors (Lipinski definition) is 2. The minimum atomic E-state index is -2.65. The molecule has 2 unspecified atom stereocenters. The fraction of sp³-hybridized carbons (Fsp3) is 0.308. The quantitative estimate of drug-likeness (QED) is 0.525. The number of benzene rings is 3. The summed E-state index contributed by atoms with van der Waals surface area (Å²) in [6.07, 6.45) is 1.69. The second kappa shape index (κ2) is 7.12. The summed E-state index contributed by atoms with van der Waals surface area (Å²) >= 11 is 0. The zero-order valence-electron chi connectivity index (χ0n) is 16.9. The van der Waals surface area contributed by atoms with E-state index in [4.69, 9.17) is 4.74 Å². The molecule has 0 heterocycles. The number of halogens is 2. The molecule has 0 saturated heterocycles. The lowest BCUT2D eigenvalue weighted by Gasteiger charge is -2.18. The van der Waals surface area contributed by atoms with Gasteiger partial charge in [-0.25, -0.2) is 8.78 Å². The molecule has 154 valence electrons. The summed E-state index contributed by atoms with van der Waals surface area (Å²) in [5.41, 5.74) is 6.09. The van der Waals surface area contributed by atoms with Crippen molar-refractivity contribution in [1.82, 2.24) is 0 Å². The SMILES string of the molecule is Cc1cc(O)cc2c1C(c1ccc(OCc3ccccc3)c(C3CC3(F)F)c1)CC2. The van der Waals surface area contributed by atoms with Crippen LogP contribution in [-0.4, -0.2) is 11.0 Å². The van der Waals surface area contributed by atoms with Crippen molar-refractivity contribution in [2.45, 2.75) is 50.6 Å². The summed E-state index contributed by atoms with van der Waals surface area (Å²) < 4.78 is 34.0. The molecule has 0 amide bonds. The van der Waals surface area contributed by atoms with Gasteiger partial charge < -0.3 is 9.84 Å². The molecular weight excluding hydrogens is 382 g/mol. The van der Waals surface area contributed by atoms with Crippen LogP contribution in [0.25, 0.3) is 0 Å². The van der Waals surface area contributed by atoms with Gasteiger partial charge in [-0.15, -0.1) is 0 Å². The molecule has 0 aliphatic heterocycles. The van der Waals surface area contributed by atoms with E-state index in [9.17, 15) is 13.9 Å². The van der Waals surface area contributed by atoms with E-state index in [1.54, 1.807) is 6.07 Å². The van der Waals surface area contributed by atoms with Crippen LogP contribution in [0.2, 0.25) is 0 Å². The number of ether oxygens (including phenoxy) is 1. The fourth-order valence-corrected chi connectivity index (χ4v) is 4.81. The molecule has 0 bridgehead atoms. The first-order valence-corrected chi connectivity index (χ1v) is 10.4. The van der Waals surface area contributed by atoms with Gasteiger partial charge in [0.15, 0.2) is 0 Å².